The molecule has 9 rings (SSSR count). The van der Waals surface area contributed by atoms with E-state index in [2.05, 4.69) is 34.5 Å². The molecule has 5 heterocycles. The van der Waals surface area contributed by atoms with Crippen LogP contribution in [0.3, 0.4) is 0 Å². The Bertz CT molecular complexity index is 2370. The fourth-order valence-electron chi connectivity index (χ4n) is 8.89. The molecule has 12 heteroatoms. The van der Waals surface area contributed by atoms with Crippen LogP contribution in [-0.2, 0) is 23.3 Å². The average molecular weight is 749 g/mol. The minimum absolute atomic E-state index is 0.0464. The van der Waals surface area contributed by atoms with Gasteiger partial charge in [0.2, 0.25) is 11.8 Å². The zero-order valence-corrected chi connectivity index (χ0v) is 31.3. The molecule has 4 aliphatic heterocycles. The molecule has 284 valence electrons. The van der Waals surface area contributed by atoms with E-state index in [-0.39, 0.29) is 23.1 Å². The molecule has 0 aliphatic carbocycles. The van der Waals surface area contributed by atoms with Crippen LogP contribution in [0.1, 0.15) is 80.3 Å². The summed E-state index contributed by atoms with van der Waals surface area (Å²) in [5.41, 5.74) is 19.5. The van der Waals surface area contributed by atoms with Gasteiger partial charge in [0.15, 0.2) is 0 Å². The van der Waals surface area contributed by atoms with E-state index in [1.54, 1.807) is 24.3 Å². The molecule has 3 amide bonds. The molecule has 56 heavy (non-hydrogen) atoms. The number of fused-ring (bicyclic) bond motifs is 4. The Morgan fingerprint density at radius 2 is 1.62 bits per heavy atom. The second-order valence-corrected chi connectivity index (χ2v) is 15.5. The topological polar surface area (TPSA) is 156 Å². The van der Waals surface area contributed by atoms with Crippen LogP contribution < -0.4 is 31.5 Å². The molecule has 6 N–H and O–H groups in total. The van der Waals surface area contributed by atoms with Crippen LogP contribution in [0, 0.1) is 0 Å². The number of hydrogen-bond acceptors (Lipinski definition) is 7. The van der Waals surface area contributed by atoms with Crippen molar-refractivity contribution >= 4 is 47.2 Å². The summed E-state index contributed by atoms with van der Waals surface area (Å²) in [4.78, 5) is 47.5. The summed E-state index contributed by atoms with van der Waals surface area (Å²) in [5.74, 6) is 1.40. The molecule has 0 unspecified atom stereocenters. The molecule has 0 atom stereocenters. The van der Waals surface area contributed by atoms with E-state index in [1.165, 1.54) is 11.1 Å². The number of hydrogen-bond donors (Lipinski definition) is 4. The van der Waals surface area contributed by atoms with Crippen molar-refractivity contribution in [1.82, 2.24) is 20.0 Å². The molecule has 5 aromatic rings. The van der Waals surface area contributed by atoms with Crippen LogP contribution in [0.15, 0.2) is 91.0 Å². The third-order valence-electron chi connectivity index (χ3n) is 12.2. The minimum atomic E-state index is -0.753. The lowest BCUT2D eigenvalue weighted by Crippen LogP contribution is -2.55. The van der Waals surface area contributed by atoms with Crippen molar-refractivity contribution < 1.29 is 23.8 Å². The SMILES string of the molecule is NCc1cccc(C2CCN(C(=O)C=Cc3ccc4c(c3)C(=O)NB(c3cccc5[nH]c(C(=O)N6CCC7(CC6)COc6ccc(CN)cc67)cc35)O4)CC2)c1. The highest BCUT2D eigenvalue weighted by Crippen LogP contribution is 2.46. The summed E-state index contributed by atoms with van der Waals surface area (Å²) in [6, 6.07) is 27.5. The predicted octanol–water partition coefficient (Wildman–Crippen LogP) is 4.59. The zero-order chi connectivity index (χ0) is 38.4. The van der Waals surface area contributed by atoms with Gasteiger partial charge in [-0.25, -0.2) is 0 Å². The molecular formula is C44H45BN6O5. The van der Waals surface area contributed by atoms with E-state index in [4.69, 9.17) is 20.9 Å². The molecule has 4 aliphatic rings. The maximum atomic E-state index is 13.8. The molecule has 0 radical (unpaired) electrons. The van der Waals surface area contributed by atoms with Gasteiger partial charge in [-0.05, 0) is 95.7 Å². The monoisotopic (exact) mass is 748 g/mol. The number of carbonyl (C=O) groups excluding carboxylic acids is 3. The summed E-state index contributed by atoms with van der Waals surface area (Å²) in [6.45, 7) is 4.23. The maximum absolute atomic E-state index is 13.8. The summed E-state index contributed by atoms with van der Waals surface area (Å²) < 4.78 is 12.4. The normalized spacial score (nSPS) is 17.8. The lowest BCUT2D eigenvalue weighted by molar-refractivity contribution is -0.126. The zero-order valence-electron chi connectivity index (χ0n) is 31.3. The van der Waals surface area contributed by atoms with E-state index in [0.29, 0.717) is 68.8 Å². The first kappa shape index (κ1) is 35.8. The second-order valence-electron chi connectivity index (χ2n) is 15.5. The van der Waals surface area contributed by atoms with Crippen molar-refractivity contribution in [3.8, 4) is 11.5 Å². The van der Waals surface area contributed by atoms with Gasteiger partial charge in [-0.3, -0.25) is 14.4 Å². The number of benzene rings is 4. The first-order chi connectivity index (χ1) is 27.3. The van der Waals surface area contributed by atoms with Crippen molar-refractivity contribution in [2.75, 3.05) is 32.8 Å². The Balaban J connectivity index is 0.844. The third-order valence-corrected chi connectivity index (χ3v) is 12.2. The first-order valence-electron chi connectivity index (χ1n) is 19.6. The van der Waals surface area contributed by atoms with Gasteiger partial charge in [0.05, 0.1) is 12.2 Å². The standard InChI is InChI=1S/C44H45BN6O5/c46-25-29-3-1-4-32(21-29)31-13-17-50(18-14-31)41(52)12-9-28-7-10-39-34(22-28)42(53)49-45(56-39)36-5-2-6-37-33(36)24-38(48-37)43(54)51-19-15-44(16-20-51)27-55-40-11-8-30(26-47)23-35(40)44/h1-12,21-24,31,48H,13-20,25-27,46-47H2,(H,49,53). The van der Waals surface area contributed by atoms with Gasteiger partial charge in [0.25, 0.3) is 5.91 Å². The van der Waals surface area contributed by atoms with E-state index in [9.17, 15) is 14.4 Å². The largest absolute Gasteiger partial charge is 0.537 e. The fraction of sp³-hybridized carbons (Fsp3) is 0.295. The number of nitrogens with zero attached hydrogens (tertiary/aromatic N) is 2. The van der Waals surface area contributed by atoms with Crippen molar-refractivity contribution in [2.24, 2.45) is 11.5 Å². The molecule has 1 aromatic heterocycles. The fourth-order valence-corrected chi connectivity index (χ4v) is 8.89. The van der Waals surface area contributed by atoms with Gasteiger partial charge >= 0.3 is 7.05 Å². The van der Waals surface area contributed by atoms with E-state index in [1.807, 2.05) is 58.3 Å². The van der Waals surface area contributed by atoms with Crippen LogP contribution in [0.5, 0.6) is 11.5 Å². The Morgan fingerprint density at radius 1 is 0.857 bits per heavy atom. The van der Waals surface area contributed by atoms with Crippen molar-refractivity contribution in [3.05, 3.63) is 130 Å². The number of aromatic nitrogens is 1. The van der Waals surface area contributed by atoms with Crippen LogP contribution in [-0.4, -0.2) is 72.3 Å². The molecule has 0 saturated carbocycles. The number of rotatable bonds is 7. The van der Waals surface area contributed by atoms with Crippen LogP contribution in [0.25, 0.3) is 17.0 Å². The highest BCUT2D eigenvalue weighted by molar-refractivity contribution is 6.71. The average Bonchev–Trinajstić information content (AvgIpc) is 3.84. The summed E-state index contributed by atoms with van der Waals surface area (Å²) in [6.07, 6.45) is 6.76. The van der Waals surface area contributed by atoms with Gasteiger partial charge in [-0.15, -0.1) is 0 Å². The van der Waals surface area contributed by atoms with Crippen LogP contribution in [0.4, 0.5) is 0 Å². The number of H-pyrrole nitrogens is 1. The number of carbonyl (C=O) groups is 3. The maximum Gasteiger partial charge on any atom is 0.520 e. The van der Waals surface area contributed by atoms with Gasteiger partial charge in [0.1, 0.15) is 17.2 Å². The Labute approximate surface area is 326 Å². The molecular weight excluding hydrogens is 703 g/mol. The number of aromatic amines is 1. The molecule has 11 nitrogen and oxygen atoms in total. The van der Waals surface area contributed by atoms with Crippen molar-refractivity contribution in [3.63, 3.8) is 0 Å². The van der Waals surface area contributed by atoms with Gasteiger partial charge < -0.3 is 40.9 Å². The highest BCUT2D eigenvalue weighted by atomic mass is 16.5. The van der Waals surface area contributed by atoms with E-state index >= 15 is 0 Å². The molecule has 1 spiro atoms. The van der Waals surface area contributed by atoms with Crippen molar-refractivity contribution in [1.29, 1.82) is 0 Å². The lowest BCUT2D eigenvalue weighted by Gasteiger charge is -2.38. The molecule has 0 bridgehead atoms. The molecule has 2 fully saturated rings. The first-order valence-corrected chi connectivity index (χ1v) is 19.6. The Morgan fingerprint density at radius 3 is 2.43 bits per heavy atom. The quantitative estimate of drug-likeness (QED) is 0.140. The lowest BCUT2D eigenvalue weighted by atomic mass is 9.70. The summed E-state index contributed by atoms with van der Waals surface area (Å²) >= 11 is 0. The van der Waals surface area contributed by atoms with Gasteiger partial charge in [0, 0.05) is 67.2 Å². The van der Waals surface area contributed by atoms with E-state index < -0.39 is 7.05 Å². The van der Waals surface area contributed by atoms with E-state index in [0.717, 1.165) is 64.5 Å². The Hall–Kier alpha value is -5.85. The highest BCUT2D eigenvalue weighted by Gasteiger charge is 2.44. The number of amides is 3. The van der Waals surface area contributed by atoms with Crippen LogP contribution in [0.2, 0.25) is 0 Å². The Kier molecular flexibility index (Phi) is 9.39. The van der Waals surface area contributed by atoms with Gasteiger partial charge in [-0.1, -0.05) is 54.6 Å². The smallest absolute Gasteiger partial charge is 0.520 e. The molecule has 2 saturated heterocycles. The number of likely N-dealkylation sites (tertiary alicyclic amines) is 2. The summed E-state index contributed by atoms with van der Waals surface area (Å²) in [5, 5.41) is 3.80. The minimum Gasteiger partial charge on any atom is -0.537 e. The van der Waals surface area contributed by atoms with Crippen molar-refractivity contribution in [2.45, 2.75) is 50.1 Å². The van der Waals surface area contributed by atoms with Crippen LogP contribution >= 0.6 is 0 Å². The number of piperidine rings is 2. The summed E-state index contributed by atoms with van der Waals surface area (Å²) in [7, 11) is -0.753. The number of ether oxygens (including phenoxy) is 1. The third kappa shape index (κ3) is 6.62. The van der Waals surface area contributed by atoms with Gasteiger partial charge in [-0.2, -0.15) is 0 Å². The number of nitrogens with two attached hydrogens (primary N) is 2. The molecule has 4 aromatic carbocycles. The number of nitrogens with one attached hydrogen (secondary N) is 2. The second kappa shape index (κ2) is 14.7. The predicted molar refractivity (Wildman–Crippen MR) is 217 cm³/mol.